The van der Waals surface area contributed by atoms with Gasteiger partial charge in [0, 0.05) is 6.07 Å². The van der Waals surface area contributed by atoms with E-state index in [0.717, 1.165) is 11.8 Å². The van der Waals surface area contributed by atoms with Gasteiger partial charge in [-0.05, 0) is 19.1 Å². The number of ether oxygens (including phenoxy) is 2. The second-order valence-corrected chi connectivity index (χ2v) is 6.68. The van der Waals surface area contributed by atoms with Crippen LogP contribution in [-0.2, 0) is 4.79 Å². The molecule has 1 aliphatic heterocycles. The molecular formula is C16H16N6O4S. The molecule has 27 heavy (non-hydrogen) atoms. The maximum Gasteiger partial charge on any atom is 0.236 e. The van der Waals surface area contributed by atoms with Gasteiger partial charge in [-0.25, -0.2) is 4.68 Å². The molecule has 0 radical (unpaired) electrons. The molecule has 10 nitrogen and oxygen atoms in total. The molecule has 3 aromatic rings. The third-order valence-electron chi connectivity index (χ3n) is 3.72. The Balaban J connectivity index is 1.38. The number of nitrogen functional groups attached to an aromatic ring is 1. The predicted octanol–water partition coefficient (Wildman–Crippen LogP) is 1.53. The number of fused-ring (bicyclic) bond motifs is 1. The molecule has 0 saturated carbocycles. The highest BCUT2D eigenvalue weighted by molar-refractivity contribution is 7.99. The lowest BCUT2D eigenvalue weighted by Crippen LogP contribution is -2.27. The van der Waals surface area contributed by atoms with Crippen molar-refractivity contribution in [2.24, 2.45) is 0 Å². The van der Waals surface area contributed by atoms with Crippen molar-refractivity contribution in [1.82, 2.24) is 20.0 Å². The van der Waals surface area contributed by atoms with Crippen LogP contribution < -0.4 is 20.6 Å². The van der Waals surface area contributed by atoms with Crippen molar-refractivity contribution in [3.05, 3.63) is 41.9 Å². The Bertz CT molecular complexity index is 971. The monoisotopic (exact) mass is 388 g/mol. The highest BCUT2D eigenvalue weighted by Crippen LogP contribution is 2.35. The Morgan fingerprint density at radius 2 is 2.19 bits per heavy atom. The van der Waals surface area contributed by atoms with Crippen LogP contribution in [0, 0.1) is 6.92 Å². The van der Waals surface area contributed by atoms with E-state index in [2.05, 4.69) is 20.7 Å². The Hall–Kier alpha value is -3.21. The van der Waals surface area contributed by atoms with Crippen molar-refractivity contribution < 1.29 is 18.8 Å². The summed E-state index contributed by atoms with van der Waals surface area (Å²) >= 11 is 1.15. The molecule has 4 rings (SSSR count). The third-order valence-corrected chi connectivity index (χ3v) is 4.66. The number of para-hydroxylation sites is 2. The van der Waals surface area contributed by atoms with Crippen LogP contribution >= 0.6 is 11.8 Å². The number of carbonyl (C=O) groups excluding carboxylic acids is 1. The van der Waals surface area contributed by atoms with Gasteiger partial charge in [-0.1, -0.05) is 29.1 Å². The van der Waals surface area contributed by atoms with Crippen LogP contribution in [0.25, 0.3) is 0 Å². The topological polar surface area (TPSA) is 130 Å². The van der Waals surface area contributed by atoms with Crippen molar-refractivity contribution in [3.8, 4) is 11.5 Å². The average molecular weight is 388 g/mol. The van der Waals surface area contributed by atoms with Gasteiger partial charge in [-0.15, -0.1) is 10.2 Å². The Labute approximate surface area is 158 Å². The van der Waals surface area contributed by atoms with E-state index in [1.54, 1.807) is 13.0 Å². The Morgan fingerprint density at radius 1 is 1.37 bits per heavy atom. The van der Waals surface area contributed by atoms with E-state index in [-0.39, 0.29) is 18.3 Å². The van der Waals surface area contributed by atoms with Gasteiger partial charge >= 0.3 is 0 Å². The van der Waals surface area contributed by atoms with E-state index in [9.17, 15) is 4.79 Å². The van der Waals surface area contributed by atoms with Gasteiger partial charge in [0.1, 0.15) is 12.4 Å². The number of carbonyl (C=O) groups is 1. The Kier molecular flexibility index (Phi) is 4.59. The molecular weight excluding hydrogens is 372 g/mol. The maximum absolute atomic E-state index is 12.0. The Morgan fingerprint density at radius 3 is 2.96 bits per heavy atom. The number of nitrogens with one attached hydrogen (secondary N) is 1. The number of anilines is 1. The number of thioether (sulfide) groups is 1. The number of amides is 1. The average Bonchev–Trinajstić information content (AvgIpc) is 3.25. The minimum atomic E-state index is -0.487. The largest absolute Gasteiger partial charge is 0.485 e. The second-order valence-electron chi connectivity index (χ2n) is 5.73. The summed E-state index contributed by atoms with van der Waals surface area (Å²) in [5.41, 5.74) is 0. The van der Waals surface area contributed by atoms with Gasteiger partial charge in [-0.2, -0.15) is 0 Å². The van der Waals surface area contributed by atoms with E-state index in [4.69, 9.17) is 19.8 Å². The molecule has 140 valence electrons. The van der Waals surface area contributed by atoms with Crippen molar-refractivity contribution in [2.75, 3.05) is 23.5 Å². The molecule has 0 fully saturated rings. The van der Waals surface area contributed by atoms with Gasteiger partial charge in [0.15, 0.2) is 29.2 Å². The second kappa shape index (κ2) is 7.19. The fourth-order valence-corrected chi connectivity index (χ4v) is 3.15. The van der Waals surface area contributed by atoms with Gasteiger partial charge in [0.05, 0.1) is 5.75 Å². The van der Waals surface area contributed by atoms with Crippen molar-refractivity contribution >= 4 is 23.5 Å². The van der Waals surface area contributed by atoms with Gasteiger partial charge in [-0.3, -0.25) is 4.79 Å². The first-order valence-corrected chi connectivity index (χ1v) is 9.03. The molecule has 0 unspecified atom stereocenters. The standard InChI is InChI=1S/C16H16N6O4S/c1-9-6-13(21-26-9)18-14(23)8-27-16-20-19-15(22(16)17)12-7-24-10-4-2-3-5-11(10)25-12/h2-6,12H,7-8,17H2,1H3,(H,18,21,23)/t12-/m1/s1. The fraction of sp³-hybridized carbons (Fsp3) is 0.250. The van der Waals surface area contributed by atoms with Crippen LogP contribution in [-0.4, -0.2) is 38.3 Å². The summed E-state index contributed by atoms with van der Waals surface area (Å²) in [6.45, 7) is 2.01. The molecule has 2 aromatic heterocycles. The van der Waals surface area contributed by atoms with E-state index in [1.165, 1.54) is 4.68 Å². The summed E-state index contributed by atoms with van der Waals surface area (Å²) in [5, 5.41) is 14.8. The zero-order valence-electron chi connectivity index (χ0n) is 14.3. The lowest BCUT2D eigenvalue weighted by Gasteiger charge is -2.25. The number of aromatic nitrogens is 4. The van der Waals surface area contributed by atoms with Crippen molar-refractivity contribution in [3.63, 3.8) is 0 Å². The first-order valence-electron chi connectivity index (χ1n) is 8.05. The number of nitrogens with two attached hydrogens (primary N) is 1. The van der Waals surface area contributed by atoms with Crippen molar-refractivity contribution in [2.45, 2.75) is 18.2 Å². The molecule has 1 amide bonds. The number of aryl methyl sites for hydroxylation is 1. The SMILES string of the molecule is Cc1cc(NC(=O)CSc2nnc([C@H]3COc4ccccc4O3)n2N)no1. The van der Waals surface area contributed by atoms with Crippen LogP contribution in [0.3, 0.4) is 0 Å². The van der Waals surface area contributed by atoms with Crippen LogP contribution in [0.15, 0.2) is 40.0 Å². The summed E-state index contributed by atoms with van der Waals surface area (Å²) in [7, 11) is 0. The van der Waals surface area contributed by atoms with E-state index in [1.807, 2.05) is 24.3 Å². The third kappa shape index (κ3) is 3.67. The molecule has 1 aromatic carbocycles. The molecule has 11 heteroatoms. The molecule has 1 aliphatic rings. The quantitative estimate of drug-likeness (QED) is 0.493. The van der Waals surface area contributed by atoms with E-state index < -0.39 is 6.10 Å². The summed E-state index contributed by atoms with van der Waals surface area (Å²) in [6, 6.07) is 8.99. The highest BCUT2D eigenvalue weighted by Gasteiger charge is 2.28. The van der Waals surface area contributed by atoms with Crippen LogP contribution in [0.2, 0.25) is 0 Å². The summed E-state index contributed by atoms with van der Waals surface area (Å²) < 4.78 is 17.8. The number of hydrogen-bond donors (Lipinski definition) is 2. The summed E-state index contributed by atoms with van der Waals surface area (Å²) in [4.78, 5) is 12.0. The summed E-state index contributed by atoms with van der Waals surface area (Å²) in [5.74, 6) is 8.58. The maximum atomic E-state index is 12.0. The van der Waals surface area contributed by atoms with Gasteiger partial charge < -0.3 is 25.2 Å². The molecule has 1 atom stereocenters. The molecule has 0 bridgehead atoms. The number of hydrogen-bond acceptors (Lipinski definition) is 9. The zero-order chi connectivity index (χ0) is 18.8. The molecule has 0 saturated heterocycles. The highest BCUT2D eigenvalue weighted by atomic mass is 32.2. The molecule has 0 spiro atoms. The number of nitrogens with zero attached hydrogens (tertiary/aromatic N) is 4. The lowest BCUT2D eigenvalue weighted by molar-refractivity contribution is -0.113. The summed E-state index contributed by atoms with van der Waals surface area (Å²) in [6.07, 6.45) is -0.487. The van der Waals surface area contributed by atoms with Gasteiger partial charge in [0.2, 0.25) is 11.1 Å². The smallest absolute Gasteiger partial charge is 0.236 e. The lowest BCUT2D eigenvalue weighted by atomic mass is 10.2. The molecule has 3 N–H and O–H groups in total. The minimum Gasteiger partial charge on any atom is -0.485 e. The zero-order valence-corrected chi connectivity index (χ0v) is 15.1. The predicted molar refractivity (Wildman–Crippen MR) is 96.1 cm³/mol. The minimum absolute atomic E-state index is 0.0894. The molecule has 3 heterocycles. The normalized spacial score (nSPS) is 15.5. The van der Waals surface area contributed by atoms with E-state index in [0.29, 0.717) is 34.1 Å². The number of benzene rings is 1. The first-order chi connectivity index (χ1) is 13.1. The fourth-order valence-electron chi connectivity index (χ4n) is 2.49. The van der Waals surface area contributed by atoms with Crippen LogP contribution in [0.1, 0.15) is 17.7 Å². The number of rotatable bonds is 5. The first kappa shape index (κ1) is 17.2. The van der Waals surface area contributed by atoms with E-state index >= 15 is 0 Å². The van der Waals surface area contributed by atoms with Crippen LogP contribution in [0.5, 0.6) is 11.5 Å². The van der Waals surface area contributed by atoms with Crippen molar-refractivity contribution in [1.29, 1.82) is 0 Å². The van der Waals surface area contributed by atoms with Crippen LogP contribution in [0.4, 0.5) is 5.82 Å². The van der Waals surface area contributed by atoms with Gasteiger partial charge in [0.25, 0.3) is 0 Å². The molecule has 0 aliphatic carbocycles.